The van der Waals surface area contributed by atoms with Crippen LogP contribution in [0.4, 0.5) is 10.1 Å². The van der Waals surface area contributed by atoms with E-state index in [0.29, 0.717) is 29.9 Å². The molecule has 1 aromatic heterocycles. The van der Waals surface area contributed by atoms with E-state index in [-0.39, 0.29) is 28.8 Å². The van der Waals surface area contributed by atoms with Gasteiger partial charge in [0.15, 0.2) is 5.82 Å². The molecular weight excluding hydrogens is 449 g/mol. The van der Waals surface area contributed by atoms with Gasteiger partial charge < -0.3 is 15.1 Å². The SMILES string of the molecule is O=C(O)c1cccc(Cn2c(=O)n(-c3ccc(N4CC(O)C4)cc3)c3c(F)c(Cl)ccc32)c1. The summed E-state index contributed by atoms with van der Waals surface area (Å²) in [5.74, 6) is -1.78. The van der Waals surface area contributed by atoms with Crippen LogP contribution in [0.25, 0.3) is 16.7 Å². The fourth-order valence-electron chi connectivity index (χ4n) is 4.14. The van der Waals surface area contributed by atoms with Gasteiger partial charge in [-0.3, -0.25) is 9.13 Å². The molecule has 3 aromatic carbocycles. The number of carboxylic acids is 1. The molecule has 7 nitrogen and oxygen atoms in total. The van der Waals surface area contributed by atoms with Crippen molar-refractivity contribution in [3.05, 3.63) is 93.1 Å². The molecule has 1 fully saturated rings. The van der Waals surface area contributed by atoms with Crippen LogP contribution in [0.2, 0.25) is 5.02 Å². The van der Waals surface area contributed by atoms with Gasteiger partial charge in [0.1, 0.15) is 5.52 Å². The Labute approximate surface area is 192 Å². The van der Waals surface area contributed by atoms with Crippen LogP contribution in [0.1, 0.15) is 15.9 Å². The van der Waals surface area contributed by atoms with Crippen molar-refractivity contribution in [1.82, 2.24) is 9.13 Å². The summed E-state index contributed by atoms with van der Waals surface area (Å²) in [7, 11) is 0. The predicted molar refractivity (Wildman–Crippen MR) is 123 cm³/mol. The van der Waals surface area contributed by atoms with Crippen molar-refractivity contribution in [2.45, 2.75) is 12.6 Å². The zero-order valence-corrected chi connectivity index (χ0v) is 18.0. The number of nitrogens with zero attached hydrogens (tertiary/aromatic N) is 3. The highest BCUT2D eigenvalue weighted by molar-refractivity contribution is 6.31. The Hall–Kier alpha value is -3.62. The number of halogens is 2. The second kappa shape index (κ2) is 8.06. The number of rotatable bonds is 5. The van der Waals surface area contributed by atoms with Crippen LogP contribution >= 0.6 is 11.6 Å². The van der Waals surface area contributed by atoms with E-state index in [4.69, 9.17) is 11.6 Å². The third-order valence-electron chi connectivity index (χ3n) is 5.83. The fraction of sp³-hybridized carbons (Fsp3) is 0.167. The van der Waals surface area contributed by atoms with Gasteiger partial charge >= 0.3 is 11.7 Å². The molecule has 1 aliphatic heterocycles. The summed E-state index contributed by atoms with van der Waals surface area (Å²) in [6.07, 6.45) is -0.346. The zero-order valence-electron chi connectivity index (χ0n) is 17.3. The molecule has 33 heavy (non-hydrogen) atoms. The molecule has 0 radical (unpaired) electrons. The first kappa shape index (κ1) is 21.2. The lowest BCUT2D eigenvalue weighted by atomic mass is 10.1. The highest BCUT2D eigenvalue weighted by Crippen LogP contribution is 2.28. The van der Waals surface area contributed by atoms with E-state index in [2.05, 4.69) is 0 Å². The van der Waals surface area contributed by atoms with Gasteiger partial charge in [-0.25, -0.2) is 14.0 Å². The normalized spacial score (nSPS) is 14.0. The largest absolute Gasteiger partial charge is 0.478 e. The average Bonchev–Trinajstić information content (AvgIpc) is 3.06. The van der Waals surface area contributed by atoms with Crippen molar-refractivity contribution in [3.63, 3.8) is 0 Å². The van der Waals surface area contributed by atoms with Crippen LogP contribution in [-0.2, 0) is 6.54 Å². The lowest BCUT2D eigenvalue weighted by Gasteiger charge is -2.37. The Morgan fingerprint density at radius 3 is 2.42 bits per heavy atom. The monoisotopic (exact) mass is 467 g/mol. The number of aliphatic hydroxyl groups is 1. The second-order valence-corrected chi connectivity index (χ2v) is 8.42. The maximum Gasteiger partial charge on any atom is 0.335 e. The smallest absolute Gasteiger partial charge is 0.335 e. The molecule has 2 heterocycles. The number of aromatic nitrogens is 2. The van der Waals surface area contributed by atoms with E-state index in [0.717, 1.165) is 5.69 Å². The molecule has 0 spiro atoms. The minimum absolute atomic E-state index is 0.0500. The van der Waals surface area contributed by atoms with Crippen LogP contribution in [-0.4, -0.2) is 44.5 Å². The number of β-amino-alcohol motifs (C(OH)–C–C–N with tert-alkyl or cyclic N) is 1. The number of carbonyl (C=O) groups is 1. The zero-order chi connectivity index (χ0) is 23.3. The molecule has 1 aliphatic rings. The Bertz CT molecular complexity index is 1440. The third-order valence-corrected chi connectivity index (χ3v) is 6.13. The topological polar surface area (TPSA) is 87.7 Å². The third kappa shape index (κ3) is 3.67. The maximum atomic E-state index is 15.1. The first-order valence-electron chi connectivity index (χ1n) is 10.3. The minimum Gasteiger partial charge on any atom is -0.478 e. The molecule has 0 aliphatic carbocycles. The van der Waals surface area contributed by atoms with Crippen LogP contribution < -0.4 is 10.6 Å². The number of anilines is 1. The molecular formula is C24H19ClFN3O4. The molecule has 0 unspecified atom stereocenters. The van der Waals surface area contributed by atoms with Gasteiger partial charge in [0.25, 0.3) is 0 Å². The summed E-state index contributed by atoms with van der Waals surface area (Å²) in [6.45, 7) is 1.14. The van der Waals surface area contributed by atoms with Gasteiger partial charge in [-0.2, -0.15) is 0 Å². The van der Waals surface area contributed by atoms with Gasteiger partial charge in [0.05, 0.1) is 34.4 Å². The Balaban J connectivity index is 1.63. The molecule has 9 heteroatoms. The highest BCUT2D eigenvalue weighted by atomic mass is 35.5. The maximum absolute atomic E-state index is 15.1. The molecule has 0 bridgehead atoms. The van der Waals surface area contributed by atoms with Gasteiger partial charge in [0.2, 0.25) is 0 Å². The Morgan fingerprint density at radius 1 is 1.06 bits per heavy atom. The van der Waals surface area contributed by atoms with Crippen molar-refractivity contribution < 1.29 is 19.4 Å². The number of carboxylic acid groups (broad SMARTS) is 1. The standard InChI is InChI=1S/C24H19ClFN3O4/c25-19-8-9-20-22(21(19)26)29(17-6-4-16(5-7-17)27-12-18(30)13-27)24(33)28(20)11-14-2-1-3-15(10-14)23(31)32/h1-10,18,30H,11-13H2,(H,31,32). The fourth-order valence-corrected chi connectivity index (χ4v) is 4.29. The van der Waals surface area contributed by atoms with Crippen LogP contribution in [0.3, 0.4) is 0 Å². The quantitative estimate of drug-likeness (QED) is 0.469. The summed E-state index contributed by atoms with van der Waals surface area (Å²) >= 11 is 6.04. The van der Waals surface area contributed by atoms with Crippen molar-refractivity contribution in [1.29, 1.82) is 0 Å². The Kier molecular flexibility index (Phi) is 5.19. The van der Waals surface area contributed by atoms with Crippen molar-refractivity contribution >= 4 is 34.3 Å². The lowest BCUT2D eigenvalue weighted by Crippen LogP contribution is -2.50. The van der Waals surface area contributed by atoms with Gasteiger partial charge in [-0.15, -0.1) is 0 Å². The molecule has 0 amide bonds. The van der Waals surface area contributed by atoms with Crippen molar-refractivity contribution in [3.8, 4) is 5.69 Å². The highest BCUT2D eigenvalue weighted by Gasteiger charge is 2.25. The van der Waals surface area contributed by atoms with E-state index in [1.54, 1.807) is 30.3 Å². The van der Waals surface area contributed by atoms with E-state index in [1.807, 2.05) is 17.0 Å². The molecule has 2 N–H and O–H groups in total. The number of benzene rings is 3. The van der Waals surface area contributed by atoms with Crippen LogP contribution in [0, 0.1) is 5.82 Å². The molecule has 1 saturated heterocycles. The molecule has 5 rings (SSSR count). The summed E-state index contributed by atoms with van der Waals surface area (Å²) in [6, 6.07) is 16.3. The first-order chi connectivity index (χ1) is 15.8. The summed E-state index contributed by atoms with van der Waals surface area (Å²) in [4.78, 5) is 26.8. The predicted octanol–water partition coefficient (Wildman–Crippen LogP) is 3.51. The molecule has 4 aromatic rings. The van der Waals surface area contributed by atoms with E-state index in [1.165, 1.54) is 27.3 Å². The number of fused-ring (bicyclic) bond motifs is 1. The van der Waals surface area contributed by atoms with Crippen molar-refractivity contribution in [2.75, 3.05) is 18.0 Å². The summed E-state index contributed by atoms with van der Waals surface area (Å²) < 4.78 is 17.8. The second-order valence-electron chi connectivity index (χ2n) is 8.01. The van der Waals surface area contributed by atoms with Crippen molar-refractivity contribution in [2.24, 2.45) is 0 Å². The van der Waals surface area contributed by atoms with Gasteiger partial charge in [-0.05, 0) is 54.1 Å². The van der Waals surface area contributed by atoms with E-state index in [9.17, 15) is 19.8 Å². The van der Waals surface area contributed by atoms with Crippen LogP contribution in [0.15, 0.2) is 65.5 Å². The number of aromatic carboxylic acids is 1. The number of imidazole rings is 1. The number of hydrogen-bond donors (Lipinski definition) is 2. The lowest BCUT2D eigenvalue weighted by molar-refractivity contribution is 0.0696. The summed E-state index contributed by atoms with van der Waals surface area (Å²) in [5.41, 5.74) is 1.98. The number of hydrogen-bond acceptors (Lipinski definition) is 4. The van der Waals surface area contributed by atoms with E-state index < -0.39 is 17.5 Å². The van der Waals surface area contributed by atoms with Crippen LogP contribution in [0.5, 0.6) is 0 Å². The molecule has 0 atom stereocenters. The first-order valence-corrected chi connectivity index (χ1v) is 10.7. The minimum atomic E-state index is -1.07. The average molecular weight is 468 g/mol. The van der Waals surface area contributed by atoms with Gasteiger partial charge in [-0.1, -0.05) is 23.7 Å². The summed E-state index contributed by atoms with van der Waals surface area (Å²) in [5, 5.41) is 18.7. The number of aliphatic hydroxyl groups excluding tert-OH is 1. The van der Waals surface area contributed by atoms with E-state index >= 15 is 4.39 Å². The van der Waals surface area contributed by atoms with Gasteiger partial charge in [0, 0.05) is 18.8 Å². The molecule has 168 valence electrons. The Morgan fingerprint density at radius 2 is 1.76 bits per heavy atom. The molecule has 0 saturated carbocycles.